The van der Waals surface area contributed by atoms with Crippen molar-refractivity contribution in [3.63, 3.8) is 0 Å². The van der Waals surface area contributed by atoms with E-state index < -0.39 is 0 Å². The fraction of sp³-hybridized carbons (Fsp3) is 0.206. The number of benzene rings is 13. The number of hydrogen-bond donors (Lipinski definition) is 0. The minimum Gasteiger partial charge on any atom is -0.327 e. The maximum Gasteiger partial charge on any atom is 2.00 e. The Kier molecular flexibility index (Phi) is 25.2. The van der Waals surface area contributed by atoms with Crippen LogP contribution in [-0.4, -0.2) is 65.8 Å². The molecule has 0 aliphatic carbocycles. The maximum atomic E-state index is 4.79. The standard InChI is InChI=1S/C41H34N2.C33H28N4.2C26H27N4.Pt/c1-3-28(2)24-29-20-22-30(23-21-29)31-25-32(42-38-16-8-4-12-34(38)35-13-5-9-17-39(35)42)27-33(26-31)43-40-18-10-6-14-36(40)37-15-7-11-19-41(37)43;1-3-22(2)18-23-19-24(36-28-12-6-4-10-26(28)32-30(36)14-8-16-34-32)21-25(20-23)37-29-13-7-5-11-27(29)33-31(37)15-9-17-35-33;2*1-6-16(2)12-20-13-17(3)23(18(4)14-20)21-8-7-9-22-24(21)29-11-10-27-26(29)30-15-19(5)28-25(22)30;/h4-23,25-28H,3,24H2,1-2H3;4-17,19-22H,3,18H2,1-2H3;2*7-8,10-11,13-16H,6,12H2,1-5H3;/q;;2*-1;+2. The smallest absolute Gasteiger partial charge is 0.327 e. The number of aromatic nitrogens is 14. The van der Waals surface area contributed by atoms with Crippen LogP contribution in [0, 0.1) is 77.3 Å². The molecule has 0 aliphatic heterocycles. The summed E-state index contributed by atoms with van der Waals surface area (Å²) in [5.41, 5.74) is 40.5. The molecule has 4 unspecified atom stereocenters. The van der Waals surface area contributed by atoms with E-state index in [1.807, 2.05) is 87.7 Å². The Morgan fingerprint density at radius 2 is 0.603 bits per heavy atom. The number of hydrogen-bond acceptors (Lipinski definition) is 6. The molecule has 700 valence electrons. The zero-order valence-electron chi connectivity index (χ0n) is 82.7. The molecule has 25 aromatic rings. The molecule has 0 bridgehead atoms. The third kappa shape index (κ3) is 16.8. The topological polar surface area (TPSA) is 115 Å². The first kappa shape index (κ1) is 92.3. The summed E-state index contributed by atoms with van der Waals surface area (Å²) in [5, 5.41) is 9.49. The van der Waals surface area contributed by atoms with Crippen molar-refractivity contribution < 1.29 is 21.1 Å². The van der Waals surface area contributed by atoms with Gasteiger partial charge in [0.2, 0.25) is 11.6 Å². The van der Waals surface area contributed by atoms with E-state index >= 15 is 0 Å². The van der Waals surface area contributed by atoms with Crippen LogP contribution in [0.2, 0.25) is 0 Å². The first-order chi connectivity index (χ1) is 68.4. The van der Waals surface area contributed by atoms with Crippen molar-refractivity contribution >= 4 is 132 Å². The number of nitrogens with zero attached hydrogens (tertiary/aromatic N) is 14. The van der Waals surface area contributed by atoms with Crippen LogP contribution in [0.4, 0.5) is 0 Å². The van der Waals surface area contributed by atoms with E-state index in [1.165, 1.54) is 163 Å². The molecular weight excluding hydrogens is 1900 g/mol. The fourth-order valence-corrected chi connectivity index (χ4v) is 22.0. The van der Waals surface area contributed by atoms with E-state index in [9.17, 15) is 0 Å². The van der Waals surface area contributed by atoms with Gasteiger partial charge in [0.1, 0.15) is 0 Å². The maximum absolute atomic E-state index is 4.79. The molecule has 25 rings (SSSR count). The van der Waals surface area contributed by atoms with Gasteiger partial charge in [-0.15, -0.1) is 36.4 Å². The molecule has 0 amide bonds. The van der Waals surface area contributed by atoms with Crippen LogP contribution >= 0.6 is 0 Å². The van der Waals surface area contributed by atoms with Crippen LogP contribution in [0.3, 0.4) is 0 Å². The number of imidazole rings is 4. The predicted octanol–water partition coefficient (Wildman–Crippen LogP) is 31.6. The molecule has 0 aliphatic rings. The van der Waals surface area contributed by atoms with Gasteiger partial charge < -0.3 is 35.9 Å². The summed E-state index contributed by atoms with van der Waals surface area (Å²) in [4.78, 5) is 28.3. The van der Waals surface area contributed by atoms with E-state index in [-0.39, 0.29) is 21.1 Å². The largest absolute Gasteiger partial charge is 2.00 e. The summed E-state index contributed by atoms with van der Waals surface area (Å²) >= 11 is 0. The van der Waals surface area contributed by atoms with Crippen molar-refractivity contribution in [1.82, 2.24) is 65.8 Å². The van der Waals surface area contributed by atoms with Gasteiger partial charge in [0.15, 0.2) is 0 Å². The molecule has 13 aromatic carbocycles. The van der Waals surface area contributed by atoms with Gasteiger partial charge in [-0.05, 0) is 266 Å². The second-order valence-electron chi connectivity index (χ2n) is 39.1. The minimum atomic E-state index is 0. The molecule has 15 heteroatoms. The molecule has 4 atom stereocenters. The van der Waals surface area contributed by atoms with Crippen molar-refractivity contribution in [1.29, 1.82) is 0 Å². The Balaban J connectivity index is 0.000000112. The summed E-state index contributed by atoms with van der Waals surface area (Å²) in [6.07, 6.45) is 24.8. The van der Waals surface area contributed by atoms with Gasteiger partial charge in [0, 0.05) is 116 Å². The Bertz CT molecular complexity index is 8330. The summed E-state index contributed by atoms with van der Waals surface area (Å²) in [6.45, 7) is 31.4. The van der Waals surface area contributed by atoms with Gasteiger partial charge in [-0.3, -0.25) is 19.9 Å². The molecular formula is C126H116N14Pt. The Labute approximate surface area is 837 Å². The second-order valence-corrected chi connectivity index (χ2v) is 39.1. The predicted molar refractivity (Wildman–Crippen MR) is 584 cm³/mol. The van der Waals surface area contributed by atoms with Crippen molar-refractivity contribution in [2.75, 3.05) is 0 Å². The van der Waals surface area contributed by atoms with Crippen LogP contribution in [0.1, 0.15) is 137 Å². The van der Waals surface area contributed by atoms with E-state index in [0.29, 0.717) is 23.7 Å². The minimum absolute atomic E-state index is 0. The molecule has 12 aromatic heterocycles. The van der Waals surface area contributed by atoms with E-state index in [1.54, 1.807) is 0 Å². The number of pyridine rings is 2. The van der Waals surface area contributed by atoms with Crippen molar-refractivity contribution in [3.8, 4) is 56.1 Å². The van der Waals surface area contributed by atoms with Crippen LogP contribution < -0.4 is 0 Å². The molecule has 0 saturated carbocycles. The average molecular weight is 2020 g/mol. The molecule has 0 N–H and O–H groups in total. The molecule has 141 heavy (non-hydrogen) atoms. The quantitative estimate of drug-likeness (QED) is 0.0745. The normalized spacial score (nSPS) is 12.7. The summed E-state index contributed by atoms with van der Waals surface area (Å²) in [7, 11) is 0. The van der Waals surface area contributed by atoms with Gasteiger partial charge in [-0.1, -0.05) is 261 Å². The van der Waals surface area contributed by atoms with Gasteiger partial charge in [-0.25, -0.2) is 9.97 Å². The zero-order chi connectivity index (χ0) is 95.8. The monoisotopic (exact) mass is 2020 g/mol. The third-order valence-corrected chi connectivity index (χ3v) is 29.2. The zero-order valence-corrected chi connectivity index (χ0v) is 85.0. The van der Waals surface area contributed by atoms with Crippen LogP contribution in [-0.2, 0) is 46.7 Å². The van der Waals surface area contributed by atoms with Gasteiger partial charge >= 0.3 is 21.1 Å². The molecule has 0 saturated heterocycles. The van der Waals surface area contributed by atoms with Gasteiger partial charge in [-0.2, -0.15) is 0 Å². The number of aryl methyl sites for hydroxylation is 6. The van der Waals surface area contributed by atoms with E-state index in [4.69, 9.17) is 19.9 Å². The SMILES string of the molecule is CCC(C)Cc1cc(-n2c3ccccc3c3ncccc32)cc(-n2c3ccccc3c3ncccc32)c1.CCC(C)Cc1cc(C)c(-c2cc[c-]c3c4nc(C)cn4c4nccn4c23)c(C)c1.CCC(C)Cc1cc(C)c(-c2cc[c-]c3c4nc(C)cn4c4nccn4c23)c(C)c1.CCC(C)Cc1ccc(-c2cc(-n3c4ccccc4c4ccccc43)cc(-n3c4ccccc4c4ccccc43)c2)cc1.[Pt+2]. The molecule has 0 radical (unpaired) electrons. The van der Waals surface area contributed by atoms with Crippen LogP contribution in [0.25, 0.3) is 188 Å². The van der Waals surface area contributed by atoms with Crippen molar-refractivity contribution in [2.45, 2.75) is 148 Å². The van der Waals surface area contributed by atoms with Crippen molar-refractivity contribution in [2.24, 2.45) is 23.7 Å². The Morgan fingerprint density at radius 1 is 0.291 bits per heavy atom. The summed E-state index contributed by atoms with van der Waals surface area (Å²) < 4.78 is 18.1. The average Bonchev–Trinajstić information content (AvgIpc) is 1.64. The summed E-state index contributed by atoms with van der Waals surface area (Å²) in [6, 6.07) is 109. The second kappa shape index (κ2) is 38.6. The number of para-hydroxylation sites is 6. The Hall–Kier alpha value is -15.1. The first-order valence-electron chi connectivity index (χ1n) is 49.9. The Morgan fingerprint density at radius 3 is 0.965 bits per heavy atom. The fourth-order valence-electron chi connectivity index (χ4n) is 22.0. The summed E-state index contributed by atoms with van der Waals surface area (Å²) in [5.74, 6) is 4.44. The van der Waals surface area contributed by atoms with Crippen LogP contribution in [0.5, 0.6) is 0 Å². The number of fused-ring (bicyclic) bond motifs is 24. The van der Waals surface area contributed by atoms with Gasteiger partial charge in [0.05, 0.1) is 66.5 Å². The van der Waals surface area contributed by atoms with Crippen molar-refractivity contribution in [3.05, 3.63) is 397 Å². The third-order valence-electron chi connectivity index (χ3n) is 29.2. The molecule has 0 fully saturated rings. The van der Waals surface area contributed by atoms with Crippen LogP contribution in [0.15, 0.2) is 329 Å². The number of rotatable bonds is 19. The first-order valence-corrected chi connectivity index (χ1v) is 49.9. The van der Waals surface area contributed by atoms with E-state index in [2.05, 4.69) is 396 Å². The molecule has 0 spiro atoms. The molecule has 12 heterocycles. The molecule has 14 nitrogen and oxygen atoms in total. The van der Waals surface area contributed by atoms with E-state index in [0.717, 1.165) is 133 Å². The van der Waals surface area contributed by atoms with Gasteiger partial charge in [0.25, 0.3) is 0 Å².